The Hall–Kier alpha value is -1.17. The third kappa shape index (κ3) is 2.95. The molecule has 104 valence electrons. The second-order valence-electron chi connectivity index (χ2n) is 4.36. The number of ether oxygens (including phenoxy) is 2. The normalized spacial score (nSPS) is 13.3. The molecule has 2 aromatic rings. The molecule has 0 radical (unpaired) electrons. The van der Waals surface area contributed by atoms with E-state index in [-0.39, 0.29) is 0 Å². The predicted octanol–water partition coefficient (Wildman–Crippen LogP) is 3.83. The topological polar surface area (TPSA) is 44.5 Å². The molecule has 1 heterocycles. The van der Waals surface area contributed by atoms with Gasteiger partial charge in [0.15, 0.2) is 11.5 Å². The Labute approximate surface area is 130 Å². The zero-order valence-electron chi connectivity index (χ0n) is 10.8. The smallest absolute Gasteiger partial charge is 0.162 e. The van der Waals surface area contributed by atoms with Crippen molar-refractivity contribution in [3.05, 3.63) is 46.4 Å². The van der Waals surface area contributed by atoms with Crippen LogP contribution in [-0.4, -0.2) is 13.2 Å². The van der Waals surface area contributed by atoms with Crippen LogP contribution in [0.3, 0.4) is 0 Å². The molecule has 5 heteroatoms. The zero-order valence-corrected chi connectivity index (χ0v) is 13.2. The molecule has 0 atom stereocenters. The van der Waals surface area contributed by atoms with E-state index >= 15 is 0 Å². The minimum Gasteiger partial charge on any atom is -0.486 e. The number of rotatable bonds is 3. The van der Waals surface area contributed by atoms with Gasteiger partial charge in [0.1, 0.15) is 13.2 Å². The van der Waals surface area contributed by atoms with Gasteiger partial charge >= 0.3 is 0 Å². The maximum absolute atomic E-state index is 5.66. The molecule has 1 aliphatic rings. The Morgan fingerprint density at radius 1 is 1.00 bits per heavy atom. The monoisotopic (exact) mass is 351 g/mol. The van der Waals surface area contributed by atoms with E-state index in [1.165, 1.54) is 0 Å². The van der Waals surface area contributed by atoms with Crippen molar-refractivity contribution >= 4 is 27.7 Å². The molecule has 0 saturated carbocycles. The number of benzene rings is 2. The van der Waals surface area contributed by atoms with Crippen LogP contribution in [0.5, 0.6) is 11.5 Å². The van der Waals surface area contributed by atoms with Gasteiger partial charge in [0.2, 0.25) is 0 Å². The standard InChI is InChI=1S/C15H14BrNO2S/c16-13-7-11(2-1-10(13)9-17)20-12-3-4-14-15(8-12)19-6-5-18-14/h1-4,7-8H,5-6,9,17H2. The molecule has 2 N–H and O–H groups in total. The van der Waals surface area contributed by atoms with Crippen LogP contribution in [0.1, 0.15) is 5.56 Å². The van der Waals surface area contributed by atoms with E-state index in [0.29, 0.717) is 19.8 Å². The third-order valence-electron chi connectivity index (χ3n) is 2.99. The summed E-state index contributed by atoms with van der Waals surface area (Å²) in [7, 11) is 0. The highest BCUT2D eigenvalue weighted by Gasteiger charge is 2.12. The van der Waals surface area contributed by atoms with Crippen LogP contribution in [-0.2, 0) is 6.54 Å². The first-order valence-corrected chi connectivity index (χ1v) is 7.93. The van der Waals surface area contributed by atoms with Crippen LogP contribution in [0.25, 0.3) is 0 Å². The van der Waals surface area contributed by atoms with E-state index in [1.54, 1.807) is 11.8 Å². The maximum atomic E-state index is 5.66. The van der Waals surface area contributed by atoms with Gasteiger partial charge in [-0.15, -0.1) is 0 Å². The fourth-order valence-corrected chi connectivity index (χ4v) is 3.56. The number of hydrogen-bond donors (Lipinski definition) is 1. The molecule has 0 bridgehead atoms. The van der Waals surface area contributed by atoms with E-state index in [9.17, 15) is 0 Å². The van der Waals surface area contributed by atoms with Gasteiger partial charge in [0.05, 0.1) is 0 Å². The van der Waals surface area contributed by atoms with Crippen LogP contribution in [0.15, 0.2) is 50.7 Å². The molecule has 2 aromatic carbocycles. The summed E-state index contributed by atoms with van der Waals surface area (Å²) in [6, 6.07) is 12.2. The minimum atomic E-state index is 0.537. The summed E-state index contributed by atoms with van der Waals surface area (Å²) >= 11 is 5.23. The molecule has 0 fully saturated rings. The van der Waals surface area contributed by atoms with Crippen molar-refractivity contribution in [3.8, 4) is 11.5 Å². The SMILES string of the molecule is NCc1ccc(Sc2ccc3c(c2)OCCO3)cc1Br. The fourth-order valence-electron chi connectivity index (χ4n) is 1.98. The summed E-state index contributed by atoms with van der Waals surface area (Å²) in [5.74, 6) is 1.64. The molecule has 0 unspecified atom stereocenters. The summed E-state index contributed by atoms with van der Waals surface area (Å²) in [6.07, 6.45) is 0. The molecule has 3 nitrogen and oxygen atoms in total. The predicted molar refractivity (Wildman–Crippen MR) is 83.6 cm³/mol. The number of nitrogens with two attached hydrogens (primary N) is 1. The molecule has 0 spiro atoms. The van der Waals surface area contributed by atoms with Crippen molar-refractivity contribution in [3.63, 3.8) is 0 Å². The van der Waals surface area contributed by atoms with Gasteiger partial charge in [0.25, 0.3) is 0 Å². The third-order valence-corrected chi connectivity index (χ3v) is 4.71. The largest absolute Gasteiger partial charge is 0.486 e. The number of fused-ring (bicyclic) bond motifs is 1. The molecule has 20 heavy (non-hydrogen) atoms. The Morgan fingerprint density at radius 2 is 1.70 bits per heavy atom. The molecule has 0 aromatic heterocycles. The molecular formula is C15H14BrNO2S. The lowest BCUT2D eigenvalue weighted by molar-refractivity contribution is 0.171. The molecule has 0 saturated heterocycles. The molecule has 1 aliphatic heterocycles. The lowest BCUT2D eigenvalue weighted by atomic mass is 10.2. The molecule has 0 amide bonds. The van der Waals surface area contributed by atoms with Crippen molar-refractivity contribution in [2.24, 2.45) is 5.73 Å². The Balaban J connectivity index is 1.82. The Morgan fingerprint density at radius 3 is 2.45 bits per heavy atom. The lowest BCUT2D eigenvalue weighted by Crippen LogP contribution is -2.15. The maximum Gasteiger partial charge on any atom is 0.162 e. The first kappa shape index (κ1) is 13.8. The van der Waals surface area contributed by atoms with Crippen LogP contribution in [0, 0.1) is 0 Å². The lowest BCUT2D eigenvalue weighted by Gasteiger charge is -2.18. The average Bonchev–Trinajstić information content (AvgIpc) is 2.47. The number of halogens is 1. The van der Waals surface area contributed by atoms with E-state index in [4.69, 9.17) is 15.2 Å². The highest BCUT2D eigenvalue weighted by Crippen LogP contribution is 2.37. The molecule has 0 aliphatic carbocycles. The van der Waals surface area contributed by atoms with E-state index < -0.39 is 0 Å². The quantitative estimate of drug-likeness (QED) is 0.912. The van der Waals surface area contributed by atoms with Crippen molar-refractivity contribution < 1.29 is 9.47 Å². The van der Waals surface area contributed by atoms with Gasteiger partial charge in [-0.3, -0.25) is 0 Å². The van der Waals surface area contributed by atoms with Crippen LogP contribution in [0.4, 0.5) is 0 Å². The highest BCUT2D eigenvalue weighted by atomic mass is 79.9. The number of hydrogen-bond acceptors (Lipinski definition) is 4. The summed E-state index contributed by atoms with van der Waals surface area (Å²) in [4.78, 5) is 2.28. The van der Waals surface area contributed by atoms with Crippen molar-refractivity contribution in [1.82, 2.24) is 0 Å². The van der Waals surface area contributed by atoms with E-state index in [0.717, 1.165) is 31.3 Å². The second kappa shape index (κ2) is 6.08. The first-order valence-electron chi connectivity index (χ1n) is 6.32. The first-order chi connectivity index (χ1) is 9.76. The highest BCUT2D eigenvalue weighted by molar-refractivity contribution is 9.10. The fraction of sp³-hybridized carbons (Fsp3) is 0.200. The summed E-state index contributed by atoms with van der Waals surface area (Å²) < 4.78 is 12.2. The van der Waals surface area contributed by atoms with Gasteiger partial charge < -0.3 is 15.2 Å². The van der Waals surface area contributed by atoms with E-state index in [2.05, 4.69) is 28.1 Å². The van der Waals surface area contributed by atoms with Gasteiger partial charge in [-0.2, -0.15) is 0 Å². The van der Waals surface area contributed by atoms with Gasteiger partial charge in [-0.1, -0.05) is 33.8 Å². The zero-order chi connectivity index (χ0) is 13.9. The van der Waals surface area contributed by atoms with Crippen LogP contribution in [0.2, 0.25) is 0 Å². The molecule has 3 rings (SSSR count). The molecular weight excluding hydrogens is 338 g/mol. The minimum absolute atomic E-state index is 0.537. The van der Waals surface area contributed by atoms with Gasteiger partial charge in [-0.25, -0.2) is 0 Å². The second-order valence-corrected chi connectivity index (χ2v) is 6.37. The summed E-state index contributed by atoms with van der Waals surface area (Å²) in [5, 5.41) is 0. The van der Waals surface area contributed by atoms with Crippen LogP contribution < -0.4 is 15.2 Å². The average molecular weight is 352 g/mol. The Bertz CT molecular complexity index is 633. The van der Waals surface area contributed by atoms with Gasteiger partial charge in [0, 0.05) is 20.8 Å². The summed E-state index contributed by atoms with van der Waals surface area (Å²) in [6.45, 7) is 1.76. The van der Waals surface area contributed by atoms with Crippen molar-refractivity contribution in [1.29, 1.82) is 0 Å². The van der Waals surface area contributed by atoms with Crippen LogP contribution >= 0.6 is 27.7 Å². The van der Waals surface area contributed by atoms with Crippen molar-refractivity contribution in [2.45, 2.75) is 16.3 Å². The van der Waals surface area contributed by atoms with Crippen molar-refractivity contribution in [2.75, 3.05) is 13.2 Å². The summed E-state index contributed by atoms with van der Waals surface area (Å²) in [5.41, 5.74) is 6.77. The van der Waals surface area contributed by atoms with E-state index in [1.807, 2.05) is 24.3 Å². The van der Waals surface area contributed by atoms with Gasteiger partial charge in [-0.05, 0) is 35.9 Å². The Kier molecular flexibility index (Phi) is 4.19.